The SMILES string of the molecule is Cc1nn(CC(C)(C)CS)c(C)c1[N+](=O)[O-]. The number of aryl methyl sites for hydroxylation is 1. The quantitative estimate of drug-likeness (QED) is 0.501. The van der Waals surface area contributed by atoms with E-state index in [1.54, 1.807) is 18.5 Å². The first-order chi connectivity index (χ1) is 7.28. The van der Waals surface area contributed by atoms with Crippen molar-refractivity contribution in [2.45, 2.75) is 34.2 Å². The van der Waals surface area contributed by atoms with E-state index in [0.29, 0.717) is 23.7 Å². The lowest BCUT2D eigenvalue weighted by Crippen LogP contribution is -2.23. The van der Waals surface area contributed by atoms with E-state index < -0.39 is 0 Å². The van der Waals surface area contributed by atoms with Gasteiger partial charge in [-0.2, -0.15) is 17.7 Å². The van der Waals surface area contributed by atoms with Gasteiger partial charge in [0, 0.05) is 6.54 Å². The summed E-state index contributed by atoms with van der Waals surface area (Å²) in [7, 11) is 0. The fourth-order valence-corrected chi connectivity index (χ4v) is 1.66. The van der Waals surface area contributed by atoms with Crippen LogP contribution in [0.3, 0.4) is 0 Å². The predicted molar refractivity (Wildman–Crippen MR) is 66.0 cm³/mol. The molecule has 1 aromatic heterocycles. The van der Waals surface area contributed by atoms with Gasteiger partial charge in [-0.05, 0) is 25.0 Å². The molecule has 1 rings (SSSR count). The molecular formula is C10H17N3O2S. The van der Waals surface area contributed by atoms with E-state index in [-0.39, 0.29) is 16.0 Å². The van der Waals surface area contributed by atoms with Crippen LogP contribution < -0.4 is 0 Å². The van der Waals surface area contributed by atoms with Crippen LogP contribution >= 0.6 is 12.6 Å². The number of hydrogen-bond acceptors (Lipinski definition) is 4. The minimum absolute atomic E-state index is 0.0276. The van der Waals surface area contributed by atoms with Gasteiger partial charge in [0.05, 0.1) is 4.92 Å². The molecule has 6 heteroatoms. The second-order valence-electron chi connectivity index (χ2n) is 4.76. The monoisotopic (exact) mass is 243 g/mol. The molecule has 90 valence electrons. The van der Waals surface area contributed by atoms with Crippen molar-refractivity contribution < 1.29 is 4.92 Å². The fourth-order valence-electron chi connectivity index (χ4n) is 1.56. The minimum atomic E-state index is -0.373. The van der Waals surface area contributed by atoms with Gasteiger partial charge in [-0.1, -0.05) is 13.8 Å². The molecule has 0 aromatic carbocycles. The first-order valence-electron chi connectivity index (χ1n) is 5.08. The first-order valence-corrected chi connectivity index (χ1v) is 5.71. The summed E-state index contributed by atoms with van der Waals surface area (Å²) < 4.78 is 1.70. The third-order valence-corrected chi connectivity index (χ3v) is 3.39. The zero-order valence-corrected chi connectivity index (χ0v) is 10.9. The molecule has 0 N–H and O–H groups in total. The Morgan fingerprint density at radius 3 is 2.44 bits per heavy atom. The summed E-state index contributed by atoms with van der Waals surface area (Å²) in [6.45, 7) is 8.14. The van der Waals surface area contributed by atoms with E-state index in [9.17, 15) is 10.1 Å². The molecule has 0 atom stereocenters. The Balaban J connectivity index is 3.09. The highest BCUT2D eigenvalue weighted by molar-refractivity contribution is 7.80. The molecule has 0 aliphatic heterocycles. The summed E-state index contributed by atoms with van der Waals surface area (Å²) in [6.07, 6.45) is 0. The van der Waals surface area contributed by atoms with Crippen LogP contribution in [0.25, 0.3) is 0 Å². The standard InChI is InChI=1S/C10H17N3O2S/c1-7-9(13(14)15)8(2)12(11-7)5-10(3,4)6-16/h16H,5-6H2,1-4H3. The van der Waals surface area contributed by atoms with Crippen molar-refractivity contribution in [2.24, 2.45) is 5.41 Å². The summed E-state index contributed by atoms with van der Waals surface area (Å²) >= 11 is 4.26. The van der Waals surface area contributed by atoms with Crippen LogP contribution in [-0.2, 0) is 6.54 Å². The van der Waals surface area contributed by atoms with Gasteiger partial charge >= 0.3 is 5.69 Å². The lowest BCUT2D eigenvalue weighted by atomic mass is 9.96. The summed E-state index contributed by atoms with van der Waals surface area (Å²) in [5.41, 5.74) is 1.17. The normalized spacial score (nSPS) is 11.8. The Bertz CT molecular complexity index is 412. The molecule has 0 aliphatic carbocycles. The molecule has 16 heavy (non-hydrogen) atoms. The van der Waals surface area contributed by atoms with Crippen molar-refractivity contribution in [1.82, 2.24) is 9.78 Å². The van der Waals surface area contributed by atoms with Crippen molar-refractivity contribution in [3.63, 3.8) is 0 Å². The number of hydrogen-bond donors (Lipinski definition) is 1. The maximum absolute atomic E-state index is 10.8. The second kappa shape index (κ2) is 4.45. The van der Waals surface area contributed by atoms with Gasteiger partial charge in [-0.3, -0.25) is 14.8 Å². The molecular weight excluding hydrogens is 226 g/mol. The van der Waals surface area contributed by atoms with E-state index in [2.05, 4.69) is 31.6 Å². The highest BCUT2D eigenvalue weighted by Crippen LogP contribution is 2.26. The van der Waals surface area contributed by atoms with Gasteiger partial charge in [0.25, 0.3) is 0 Å². The Morgan fingerprint density at radius 1 is 1.50 bits per heavy atom. The van der Waals surface area contributed by atoms with Crippen molar-refractivity contribution in [3.05, 3.63) is 21.5 Å². The molecule has 0 bridgehead atoms. The lowest BCUT2D eigenvalue weighted by molar-refractivity contribution is -0.386. The van der Waals surface area contributed by atoms with Crippen molar-refractivity contribution in [1.29, 1.82) is 0 Å². The third-order valence-electron chi connectivity index (χ3n) is 2.53. The molecule has 0 spiro atoms. The molecule has 0 amide bonds. The molecule has 1 heterocycles. The topological polar surface area (TPSA) is 61.0 Å². The van der Waals surface area contributed by atoms with Gasteiger partial charge < -0.3 is 0 Å². The van der Waals surface area contributed by atoms with Gasteiger partial charge in [0.1, 0.15) is 11.4 Å². The van der Waals surface area contributed by atoms with Crippen LogP contribution in [0.2, 0.25) is 0 Å². The van der Waals surface area contributed by atoms with Crippen molar-refractivity contribution >= 4 is 18.3 Å². The van der Waals surface area contributed by atoms with Crippen LogP contribution in [0.5, 0.6) is 0 Å². The van der Waals surface area contributed by atoms with Crippen LogP contribution in [0, 0.1) is 29.4 Å². The number of thiol groups is 1. The van der Waals surface area contributed by atoms with Crippen molar-refractivity contribution in [3.8, 4) is 0 Å². The van der Waals surface area contributed by atoms with Crippen LogP contribution in [-0.4, -0.2) is 20.5 Å². The molecule has 5 nitrogen and oxygen atoms in total. The Morgan fingerprint density at radius 2 is 2.06 bits per heavy atom. The van der Waals surface area contributed by atoms with E-state index in [0.717, 1.165) is 0 Å². The fraction of sp³-hybridized carbons (Fsp3) is 0.700. The molecule has 0 unspecified atom stereocenters. The van der Waals surface area contributed by atoms with Crippen LogP contribution in [0.1, 0.15) is 25.2 Å². The Hall–Kier alpha value is -1.04. The summed E-state index contributed by atoms with van der Waals surface area (Å²) in [4.78, 5) is 10.5. The van der Waals surface area contributed by atoms with E-state index in [4.69, 9.17) is 0 Å². The number of aromatic nitrogens is 2. The smallest absolute Gasteiger partial charge is 0.262 e. The van der Waals surface area contributed by atoms with Gasteiger partial charge in [0.15, 0.2) is 0 Å². The van der Waals surface area contributed by atoms with E-state index >= 15 is 0 Å². The van der Waals surface area contributed by atoms with Gasteiger partial charge in [-0.25, -0.2) is 0 Å². The van der Waals surface area contributed by atoms with E-state index in [1.165, 1.54) is 0 Å². The summed E-state index contributed by atoms with van der Waals surface area (Å²) in [5, 5.41) is 15.0. The average Bonchev–Trinajstić information content (AvgIpc) is 2.41. The van der Waals surface area contributed by atoms with Gasteiger partial charge in [0.2, 0.25) is 0 Å². The zero-order chi connectivity index (χ0) is 12.5. The van der Waals surface area contributed by atoms with Crippen molar-refractivity contribution in [2.75, 3.05) is 5.75 Å². The average molecular weight is 243 g/mol. The number of rotatable bonds is 4. The number of nitro groups is 1. The maximum Gasteiger partial charge on any atom is 0.312 e. The minimum Gasteiger partial charge on any atom is -0.262 e. The molecule has 1 aromatic rings. The molecule has 0 saturated carbocycles. The zero-order valence-electron chi connectivity index (χ0n) is 10.0. The first kappa shape index (κ1) is 13.0. The number of nitrogens with zero attached hydrogens (tertiary/aromatic N) is 3. The largest absolute Gasteiger partial charge is 0.312 e. The third kappa shape index (κ3) is 2.55. The maximum atomic E-state index is 10.8. The molecule has 0 saturated heterocycles. The molecule has 0 fully saturated rings. The molecule has 0 radical (unpaired) electrons. The highest BCUT2D eigenvalue weighted by atomic mass is 32.1. The summed E-state index contributed by atoms with van der Waals surface area (Å²) in [6, 6.07) is 0. The highest BCUT2D eigenvalue weighted by Gasteiger charge is 2.25. The van der Waals surface area contributed by atoms with E-state index in [1.807, 2.05) is 0 Å². The Kier molecular flexibility index (Phi) is 3.62. The Labute approximate surface area is 100 Å². The second-order valence-corrected chi connectivity index (χ2v) is 5.07. The molecule has 0 aliphatic rings. The van der Waals surface area contributed by atoms with Crippen LogP contribution in [0.15, 0.2) is 0 Å². The summed E-state index contributed by atoms with van der Waals surface area (Å²) in [5.74, 6) is 0.707. The van der Waals surface area contributed by atoms with Gasteiger partial charge in [-0.15, -0.1) is 0 Å². The predicted octanol–water partition coefficient (Wildman–Crippen LogP) is 2.36. The van der Waals surface area contributed by atoms with Crippen LogP contribution in [0.4, 0.5) is 5.69 Å². The lowest BCUT2D eigenvalue weighted by Gasteiger charge is -2.22.